The molecule has 2 nitrogen and oxygen atoms in total. The van der Waals surface area contributed by atoms with Gasteiger partial charge in [-0.3, -0.25) is 4.79 Å². The van der Waals surface area contributed by atoms with Crippen molar-refractivity contribution < 1.29 is 9.90 Å². The molecule has 0 unspecified atom stereocenters. The van der Waals surface area contributed by atoms with Crippen LogP contribution in [0.25, 0.3) is 0 Å². The second-order valence-corrected chi connectivity index (χ2v) is 8.02. The van der Waals surface area contributed by atoms with Crippen LogP contribution in [-0.4, -0.2) is 17.0 Å². The van der Waals surface area contributed by atoms with E-state index in [1.165, 1.54) is 32.1 Å². The first-order valence-corrected chi connectivity index (χ1v) is 8.29. The molecule has 0 saturated heterocycles. The number of hydrogen-bond donors (Lipinski definition) is 1. The zero-order valence-electron chi connectivity index (χ0n) is 12.0. The second kappa shape index (κ2) is 4.07. The first kappa shape index (κ1) is 12.4. The number of Topliss-reactive ketones (excluding diaryl/α,β-unsaturated/α-hetero) is 1. The van der Waals surface area contributed by atoms with Crippen LogP contribution in [0.2, 0.25) is 0 Å². The molecule has 0 heterocycles. The van der Waals surface area contributed by atoms with E-state index < -0.39 is 0 Å². The zero-order chi connectivity index (χ0) is 13.2. The highest BCUT2D eigenvalue weighted by Gasteiger charge is 2.57. The Hall–Kier alpha value is -0.370. The largest absolute Gasteiger partial charge is 0.393 e. The Morgan fingerprint density at radius 2 is 1.84 bits per heavy atom. The standard InChI is InChI=1S/C17H26O2/c1-17-7-6-12-13(15(17)4-5-16(17)19)3-2-10-8-11(18)9-14(10)12/h10,12-16,19H,2-9H2,1H3/t10-,12-,13+,14-,15-,16-,17-/m0/s1. The van der Waals surface area contributed by atoms with E-state index in [9.17, 15) is 9.90 Å². The minimum absolute atomic E-state index is 0.0682. The Balaban J connectivity index is 1.62. The van der Waals surface area contributed by atoms with E-state index in [-0.39, 0.29) is 11.5 Å². The van der Waals surface area contributed by atoms with Crippen molar-refractivity contribution in [2.75, 3.05) is 0 Å². The summed E-state index contributed by atoms with van der Waals surface area (Å²) in [5, 5.41) is 10.3. The van der Waals surface area contributed by atoms with Crippen molar-refractivity contribution in [2.24, 2.45) is 35.0 Å². The lowest BCUT2D eigenvalue weighted by Crippen LogP contribution is -2.47. The third-order valence-electron chi connectivity index (χ3n) is 7.42. The third kappa shape index (κ3) is 1.62. The Morgan fingerprint density at radius 1 is 1.00 bits per heavy atom. The summed E-state index contributed by atoms with van der Waals surface area (Å²) in [6.07, 6.45) is 8.98. The van der Waals surface area contributed by atoms with Gasteiger partial charge in [0.05, 0.1) is 6.10 Å². The minimum atomic E-state index is -0.0682. The molecule has 0 aromatic carbocycles. The maximum atomic E-state index is 11.8. The van der Waals surface area contributed by atoms with Crippen LogP contribution in [0, 0.1) is 35.0 Å². The van der Waals surface area contributed by atoms with Gasteiger partial charge in [-0.25, -0.2) is 0 Å². The fraction of sp³-hybridized carbons (Fsp3) is 0.941. The first-order valence-electron chi connectivity index (χ1n) is 8.29. The molecular formula is C17H26O2. The summed E-state index contributed by atoms with van der Waals surface area (Å²) in [7, 11) is 0. The van der Waals surface area contributed by atoms with Gasteiger partial charge in [0.1, 0.15) is 5.78 Å². The Labute approximate surface area is 116 Å². The van der Waals surface area contributed by atoms with Crippen molar-refractivity contribution in [3.63, 3.8) is 0 Å². The molecule has 19 heavy (non-hydrogen) atoms. The number of aliphatic hydroxyl groups excluding tert-OH is 1. The lowest BCUT2D eigenvalue weighted by molar-refractivity contribution is -0.118. The maximum Gasteiger partial charge on any atom is 0.133 e. The van der Waals surface area contributed by atoms with Crippen LogP contribution in [0.4, 0.5) is 0 Å². The molecule has 7 atom stereocenters. The van der Waals surface area contributed by atoms with Crippen molar-refractivity contribution in [1.82, 2.24) is 0 Å². The zero-order valence-corrected chi connectivity index (χ0v) is 12.0. The normalized spacial score (nSPS) is 56.6. The van der Waals surface area contributed by atoms with E-state index in [0.29, 0.717) is 17.6 Å². The lowest BCUT2D eigenvalue weighted by atomic mass is 9.53. The van der Waals surface area contributed by atoms with Crippen LogP contribution in [0.1, 0.15) is 58.3 Å². The van der Waals surface area contributed by atoms with E-state index in [1.54, 1.807) is 0 Å². The first-order chi connectivity index (χ1) is 9.09. The van der Waals surface area contributed by atoms with Crippen molar-refractivity contribution in [2.45, 2.75) is 64.4 Å². The fourth-order valence-corrected chi connectivity index (χ4v) is 6.42. The van der Waals surface area contributed by atoms with Gasteiger partial charge in [-0.2, -0.15) is 0 Å². The van der Waals surface area contributed by atoms with Crippen LogP contribution in [0.3, 0.4) is 0 Å². The third-order valence-corrected chi connectivity index (χ3v) is 7.42. The predicted octanol–water partition coefficient (Wildman–Crippen LogP) is 3.18. The smallest absolute Gasteiger partial charge is 0.133 e. The van der Waals surface area contributed by atoms with E-state index >= 15 is 0 Å². The van der Waals surface area contributed by atoms with E-state index in [2.05, 4.69) is 6.92 Å². The van der Waals surface area contributed by atoms with Crippen LogP contribution < -0.4 is 0 Å². The molecule has 4 fully saturated rings. The number of rotatable bonds is 0. The molecule has 1 N–H and O–H groups in total. The number of carbonyl (C=O) groups excluding carboxylic acids is 1. The number of carbonyl (C=O) groups is 1. The average molecular weight is 262 g/mol. The number of fused-ring (bicyclic) bond motifs is 5. The van der Waals surface area contributed by atoms with Gasteiger partial charge in [0.25, 0.3) is 0 Å². The molecule has 0 aromatic heterocycles. The summed E-state index contributed by atoms with van der Waals surface area (Å²) < 4.78 is 0. The average Bonchev–Trinajstić information content (AvgIpc) is 2.90. The molecule has 4 saturated carbocycles. The maximum absolute atomic E-state index is 11.8. The summed E-state index contributed by atoms with van der Waals surface area (Å²) in [6, 6.07) is 0. The molecule has 4 rings (SSSR count). The highest BCUT2D eigenvalue weighted by molar-refractivity contribution is 5.81. The highest BCUT2D eigenvalue weighted by Crippen LogP contribution is 2.62. The predicted molar refractivity (Wildman–Crippen MR) is 73.5 cm³/mol. The van der Waals surface area contributed by atoms with Gasteiger partial charge in [0.15, 0.2) is 0 Å². The van der Waals surface area contributed by atoms with Crippen LogP contribution in [0.15, 0.2) is 0 Å². The Morgan fingerprint density at radius 3 is 2.68 bits per heavy atom. The molecule has 0 aromatic rings. The quantitative estimate of drug-likeness (QED) is 0.728. The Bertz CT molecular complexity index is 404. The molecule has 4 aliphatic rings. The van der Waals surface area contributed by atoms with E-state index in [0.717, 1.165) is 37.0 Å². The van der Waals surface area contributed by atoms with Gasteiger partial charge in [-0.1, -0.05) is 6.92 Å². The highest BCUT2D eigenvalue weighted by atomic mass is 16.3. The molecule has 0 radical (unpaired) electrons. The number of ketones is 1. The summed E-state index contributed by atoms with van der Waals surface area (Å²) in [5.74, 6) is 4.28. The van der Waals surface area contributed by atoms with Gasteiger partial charge in [0.2, 0.25) is 0 Å². The van der Waals surface area contributed by atoms with Gasteiger partial charge in [-0.15, -0.1) is 0 Å². The molecule has 4 aliphatic carbocycles. The van der Waals surface area contributed by atoms with Gasteiger partial charge in [0, 0.05) is 12.8 Å². The van der Waals surface area contributed by atoms with Crippen molar-refractivity contribution in [3.8, 4) is 0 Å². The molecule has 0 bridgehead atoms. The summed E-state index contributed by atoms with van der Waals surface area (Å²) in [4.78, 5) is 11.8. The molecule has 0 aliphatic heterocycles. The second-order valence-electron chi connectivity index (χ2n) is 8.02. The van der Waals surface area contributed by atoms with E-state index in [4.69, 9.17) is 0 Å². The molecule has 106 valence electrons. The SMILES string of the molecule is C[C@]12CC[C@H]3[C@@H](CC[C@H]4CC(=O)C[C@@H]43)[C@@H]1CC[C@@H]2O. The summed E-state index contributed by atoms with van der Waals surface area (Å²) in [5.41, 5.74) is 0.191. The topological polar surface area (TPSA) is 37.3 Å². The lowest BCUT2D eigenvalue weighted by Gasteiger charge is -2.52. The van der Waals surface area contributed by atoms with Crippen molar-refractivity contribution in [1.29, 1.82) is 0 Å². The molecule has 2 heteroatoms. The van der Waals surface area contributed by atoms with Gasteiger partial charge < -0.3 is 5.11 Å². The fourth-order valence-electron chi connectivity index (χ4n) is 6.42. The van der Waals surface area contributed by atoms with Crippen LogP contribution in [-0.2, 0) is 4.79 Å². The number of hydrogen-bond acceptors (Lipinski definition) is 2. The van der Waals surface area contributed by atoms with Crippen LogP contribution in [0.5, 0.6) is 0 Å². The van der Waals surface area contributed by atoms with Gasteiger partial charge >= 0.3 is 0 Å². The molecular weight excluding hydrogens is 236 g/mol. The van der Waals surface area contributed by atoms with E-state index in [1.807, 2.05) is 0 Å². The summed E-state index contributed by atoms with van der Waals surface area (Å²) >= 11 is 0. The summed E-state index contributed by atoms with van der Waals surface area (Å²) in [6.45, 7) is 2.33. The molecule has 0 spiro atoms. The number of aliphatic hydroxyl groups is 1. The Kier molecular flexibility index (Phi) is 2.65. The molecule has 0 amide bonds. The van der Waals surface area contributed by atoms with Crippen molar-refractivity contribution in [3.05, 3.63) is 0 Å². The minimum Gasteiger partial charge on any atom is -0.393 e. The monoisotopic (exact) mass is 262 g/mol. The van der Waals surface area contributed by atoms with Gasteiger partial charge in [-0.05, 0) is 73.5 Å². The van der Waals surface area contributed by atoms with Crippen molar-refractivity contribution >= 4 is 5.78 Å². The van der Waals surface area contributed by atoms with Crippen LogP contribution >= 0.6 is 0 Å².